The van der Waals surface area contributed by atoms with Gasteiger partial charge in [-0.15, -0.1) is 0 Å². The lowest BCUT2D eigenvalue weighted by molar-refractivity contribution is -0.121. The highest BCUT2D eigenvalue weighted by Gasteiger charge is 2.31. The van der Waals surface area contributed by atoms with Crippen LogP contribution in [0.25, 0.3) is 0 Å². The molecule has 3 N–H and O–H groups in total. The number of hydrogen-bond acceptors (Lipinski definition) is 3. The fourth-order valence-electron chi connectivity index (χ4n) is 2.13. The zero-order chi connectivity index (χ0) is 14.0. The summed E-state index contributed by atoms with van der Waals surface area (Å²) in [7, 11) is 0. The Labute approximate surface area is 125 Å². The van der Waals surface area contributed by atoms with E-state index in [0.29, 0.717) is 17.9 Å². The average Bonchev–Trinajstić information content (AvgIpc) is 2.77. The van der Waals surface area contributed by atoms with Crippen LogP contribution < -0.4 is 11.1 Å². The molecule has 19 heavy (non-hydrogen) atoms. The maximum absolute atomic E-state index is 12.2. The predicted molar refractivity (Wildman–Crippen MR) is 82.2 cm³/mol. The smallest absolute Gasteiger partial charge is 0.230 e. The zero-order valence-electron chi connectivity index (χ0n) is 10.5. The van der Waals surface area contributed by atoms with E-state index >= 15 is 0 Å². The van der Waals surface area contributed by atoms with Gasteiger partial charge in [-0.2, -0.15) is 0 Å². The summed E-state index contributed by atoms with van der Waals surface area (Å²) >= 11 is 8.36. The SMILES string of the molecule is CC1OCCC1C(=O)Nc1ccc(Br)cc1C(N)=S. The second-order valence-electron chi connectivity index (χ2n) is 4.51. The summed E-state index contributed by atoms with van der Waals surface area (Å²) in [5.41, 5.74) is 6.97. The van der Waals surface area contributed by atoms with Crippen LogP contribution in [0.5, 0.6) is 0 Å². The van der Waals surface area contributed by atoms with Gasteiger partial charge in [-0.25, -0.2) is 0 Å². The molecule has 2 atom stereocenters. The van der Waals surface area contributed by atoms with Crippen molar-refractivity contribution in [2.45, 2.75) is 19.4 Å². The summed E-state index contributed by atoms with van der Waals surface area (Å²) in [6.07, 6.45) is 0.690. The Morgan fingerprint density at radius 1 is 1.58 bits per heavy atom. The first-order valence-corrected chi connectivity index (χ1v) is 7.21. The summed E-state index contributed by atoms with van der Waals surface area (Å²) in [5, 5.41) is 2.88. The van der Waals surface area contributed by atoms with Gasteiger partial charge in [0, 0.05) is 16.6 Å². The molecule has 0 spiro atoms. The van der Waals surface area contributed by atoms with Gasteiger partial charge >= 0.3 is 0 Å². The summed E-state index contributed by atoms with van der Waals surface area (Å²) < 4.78 is 6.27. The molecule has 1 aromatic carbocycles. The number of halogens is 1. The minimum Gasteiger partial charge on any atom is -0.389 e. The van der Waals surface area contributed by atoms with Crippen LogP contribution >= 0.6 is 28.1 Å². The Balaban J connectivity index is 2.19. The Hall–Kier alpha value is -0.980. The lowest BCUT2D eigenvalue weighted by Gasteiger charge is -2.16. The van der Waals surface area contributed by atoms with Gasteiger partial charge < -0.3 is 15.8 Å². The number of rotatable bonds is 3. The zero-order valence-corrected chi connectivity index (χ0v) is 12.9. The molecule has 0 bridgehead atoms. The van der Waals surface area contributed by atoms with Gasteiger partial charge in [0.05, 0.1) is 17.7 Å². The van der Waals surface area contributed by atoms with Crippen LogP contribution in [-0.2, 0) is 9.53 Å². The van der Waals surface area contributed by atoms with E-state index in [0.717, 1.165) is 10.9 Å². The number of benzene rings is 1. The molecule has 0 saturated carbocycles. The lowest BCUT2D eigenvalue weighted by atomic mass is 10.0. The van der Waals surface area contributed by atoms with E-state index in [1.54, 1.807) is 12.1 Å². The van der Waals surface area contributed by atoms with Crippen LogP contribution in [0.3, 0.4) is 0 Å². The van der Waals surface area contributed by atoms with Crippen LogP contribution in [0, 0.1) is 5.92 Å². The lowest BCUT2D eigenvalue weighted by Crippen LogP contribution is -2.28. The summed E-state index contributed by atoms with van der Waals surface area (Å²) in [5.74, 6) is -0.173. The van der Waals surface area contributed by atoms with Gasteiger partial charge in [0.2, 0.25) is 5.91 Å². The highest BCUT2D eigenvalue weighted by Crippen LogP contribution is 2.25. The Morgan fingerprint density at radius 2 is 2.32 bits per heavy atom. The van der Waals surface area contributed by atoms with Crippen LogP contribution in [-0.4, -0.2) is 23.6 Å². The van der Waals surface area contributed by atoms with E-state index in [2.05, 4.69) is 21.2 Å². The molecule has 1 aromatic rings. The Kier molecular flexibility index (Phi) is 4.54. The third kappa shape index (κ3) is 3.32. The summed E-state index contributed by atoms with van der Waals surface area (Å²) in [4.78, 5) is 12.5. The van der Waals surface area contributed by atoms with E-state index in [1.807, 2.05) is 13.0 Å². The fourth-order valence-corrected chi connectivity index (χ4v) is 2.66. The van der Waals surface area contributed by atoms with Crippen molar-refractivity contribution in [3.8, 4) is 0 Å². The van der Waals surface area contributed by atoms with E-state index in [9.17, 15) is 4.79 Å². The largest absolute Gasteiger partial charge is 0.389 e. The van der Waals surface area contributed by atoms with Crippen LogP contribution in [0.4, 0.5) is 5.69 Å². The number of carbonyl (C=O) groups is 1. The molecule has 0 aromatic heterocycles. The van der Waals surface area contributed by atoms with Gasteiger partial charge in [-0.1, -0.05) is 28.1 Å². The molecule has 1 amide bonds. The molecule has 102 valence electrons. The number of nitrogens with one attached hydrogen (secondary N) is 1. The first kappa shape index (κ1) is 14.4. The van der Waals surface area contributed by atoms with Crippen molar-refractivity contribution in [2.24, 2.45) is 11.7 Å². The molecule has 0 radical (unpaired) electrons. The predicted octanol–water partition coefficient (Wildman–Crippen LogP) is 2.45. The molecular formula is C13H15BrN2O2S. The van der Waals surface area contributed by atoms with Crippen LogP contribution in [0.15, 0.2) is 22.7 Å². The van der Waals surface area contributed by atoms with Crippen molar-refractivity contribution in [1.29, 1.82) is 0 Å². The monoisotopic (exact) mass is 342 g/mol. The minimum atomic E-state index is -0.122. The first-order valence-electron chi connectivity index (χ1n) is 6.01. The third-order valence-corrected chi connectivity index (χ3v) is 3.93. The normalized spacial score (nSPS) is 22.2. The topological polar surface area (TPSA) is 64.3 Å². The van der Waals surface area contributed by atoms with Crippen molar-refractivity contribution in [3.05, 3.63) is 28.2 Å². The quantitative estimate of drug-likeness (QED) is 0.828. The molecule has 1 saturated heterocycles. The van der Waals surface area contributed by atoms with Gasteiger partial charge in [0.1, 0.15) is 4.99 Å². The molecule has 1 heterocycles. The summed E-state index contributed by atoms with van der Waals surface area (Å²) in [6, 6.07) is 5.43. The summed E-state index contributed by atoms with van der Waals surface area (Å²) in [6.45, 7) is 2.54. The number of thiocarbonyl (C=S) groups is 1. The number of hydrogen-bond donors (Lipinski definition) is 2. The number of anilines is 1. The minimum absolute atomic E-state index is 0.0511. The van der Waals surface area contributed by atoms with E-state index < -0.39 is 0 Å². The van der Waals surface area contributed by atoms with E-state index in [-0.39, 0.29) is 22.9 Å². The van der Waals surface area contributed by atoms with Gasteiger partial charge in [0.15, 0.2) is 0 Å². The number of nitrogens with two attached hydrogens (primary N) is 1. The molecule has 1 aliphatic rings. The van der Waals surface area contributed by atoms with Crippen LogP contribution in [0.2, 0.25) is 0 Å². The van der Waals surface area contributed by atoms with Crippen molar-refractivity contribution in [3.63, 3.8) is 0 Å². The van der Waals surface area contributed by atoms with Crippen molar-refractivity contribution in [2.75, 3.05) is 11.9 Å². The second-order valence-corrected chi connectivity index (χ2v) is 5.87. The van der Waals surface area contributed by atoms with Gasteiger partial charge in [-0.3, -0.25) is 4.79 Å². The molecular weight excluding hydrogens is 328 g/mol. The molecule has 2 unspecified atom stereocenters. The molecule has 4 nitrogen and oxygen atoms in total. The third-order valence-electron chi connectivity index (χ3n) is 3.22. The molecule has 2 rings (SSSR count). The van der Waals surface area contributed by atoms with Crippen molar-refractivity contribution in [1.82, 2.24) is 0 Å². The maximum Gasteiger partial charge on any atom is 0.230 e. The molecule has 0 aliphatic carbocycles. The molecule has 1 fully saturated rings. The van der Waals surface area contributed by atoms with Gasteiger partial charge in [-0.05, 0) is 31.5 Å². The molecule has 6 heteroatoms. The Bertz CT molecular complexity index is 521. The van der Waals surface area contributed by atoms with Crippen molar-refractivity contribution < 1.29 is 9.53 Å². The van der Waals surface area contributed by atoms with Gasteiger partial charge in [0.25, 0.3) is 0 Å². The molecule has 1 aliphatic heterocycles. The number of ether oxygens (including phenoxy) is 1. The van der Waals surface area contributed by atoms with Crippen LogP contribution in [0.1, 0.15) is 18.9 Å². The number of amides is 1. The van der Waals surface area contributed by atoms with Crippen molar-refractivity contribution >= 4 is 44.7 Å². The highest BCUT2D eigenvalue weighted by molar-refractivity contribution is 9.10. The van der Waals surface area contributed by atoms with E-state index in [4.69, 9.17) is 22.7 Å². The average molecular weight is 343 g/mol. The standard InChI is InChI=1S/C13H15BrN2O2S/c1-7-9(4-5-18-7)13(17)16-11-3-2-8(14)6-10(11)12(15)19/h2-3,6-7,9H,4-5H2,1H3,(H2,15,19)(H,16,17). The second kappa shape index (κ2) is 5.98. The number of carbonyl (C=O) groups excluding carboxylic acids is 1. The highest BCUT2D eigenvalue weighted by atomic mass is 79.9. The Morgan fingerprint density at radius 3 is 2.89 bits per heavy atom. The first-order chi connectivity index (χ1) is 8.99. The fraction of sp³-hybridized carbons (Fsp3) is 0.385. The van der Waals surface area contributed by atoms with E-state index in [1.165, 1.54) is 0 Å². The maximum atomic E-state index is 12.2.